The SMILES string of the molecule is CCCOc1cccc(NC(=O)c2ccc(C)c(I)c2)c1. The van der Waals surface area contributed by atoms with Crippen molar-refractivity contribution in [2.24, 2.45) is 0 Å². The molecular weight excluding hydrogens is 377 g/mol. The minimum Gasteiger partial charge on any atom is -0.494 e. The molecule has 0 aliphatic carbocycles. The quantitative estimate of drug-likeness (QED) is 0.750. The van der Waals surface area contributed by atoms with E-state index in [2.05, 4.69) is 34.8 Å². The summed E-state index contributed by atoms with van der Waals surface area (Å²) in [6, 6.07) is 13.1. The van der Waals surface area contributed by atoms with Crippen LogP contribution >= 0.6 is 22.6 Å². The third-order valence-electron chi connectivity index (χ3n) is 3.00. The molecule has 3 nitrogen and oxygen atoms in total. The van der Waals surface area contributed by atoms with E-state index < -0.39 is 0 Å². The van der Waals surface area contributed by atoms with E-state index in [4.69, 9.17) is 4.74 Å². The van der Waals surface area contributed by atoms with Crippen LogP contribution in [0.3, 0.4) is 0 Å². The maximum atomic E-state index is 12.2. The van der Waals surface area contributed by atoms with Crippen molar-refractivity contribution in [3.05, 3.63) is 57.2 Å². The molecule has 0 aromatic heterocycles. The Morgan fingerprint density at radius 1 is 1.24 bits per heavy atom. The zero-order valence-corrected chi connectivity index (χ0v) is 14.3. The fourth-order valence-corrected chi connectivity index (χ4v) is 2.34. The molecule has 110 valence electrons. The van der Waals surface area contributed by atoms with Crippen LogP contribution in [0, 0.1) is 10.5 Å². The molecule has 0 atom stereocenters. The van der Waals surface area contributed by atoms with Gasteiger partial charge < -0.3 is 10.1 Å². The summed E-state index contributed by atoms with van der Waals surface area (Å²) in [6.45, 7) is 4.76. The lowest BCUT2D eigenvalue weighted by Gasteiger charge is -2.09. The van der Waals surface area contributed by atoms with Gasteiger partial charge in [0.2, 0.25) is 0 Å². The second-order valence-corrected chi connectivity index (χ2v) is 5.96. The van der Waals surface area contributed by atoms with E-state index in [0.717, 1.165) is 21.4 Å². The Morgan fingerprint density at radius 3 is 2.76 bits per heavy atom. The molecule has 0 bridgehead atoms. The second kappa shape index (κ2) is 7.45. The molecule has 0 aliphatic heterocycles. The monoisotopic (exact) mass is 395 g/mol. The van der Waals surface area contributed by atoms with Gasteiger partial charge in [-0.05, 0) is 65.8 Å². The fourth-order valence-electron chi connectivity index (χ4n) is 1.82. The first-order chi connectivity index (χ1) is 10.1. The van der Waals surface area contributed by atoms with Crippen molar-refractivity contribution in [3.8, 4) is 5.75 Å². The Kier molecular flexibility index (Phi) is 5.61. The normalized spacial score (nSPS) is 10.2. The lowest BCUT2D eigenvalue weighted by molar-refractivity contribution is 0.102. The highest BCUT2D eigenvalue weighted by Crippen LogP contribution is 2.19. The molecule has 0 fully saturated rings. The number of hydrogen-bond donors (Lipinski definition) is 1. The van der Waals surface area contributed by atoms with Crippen LogP contribution in [0.2, 0.25) is 0 Å². The van der Waals surface area contributed by atoms with E-state index in [1.54, 1.807) is 0 Å². The summed E-state index contributed by atoms with van der Waals surface area (Å²) in [5.41, 5.74) is 2.57. The van der Waals surface area contributed by atoms with Crippen LogP contribution in [-0.2, 0) is 0 Å². The number of hydrogen-bond acceptors (Lipinski definition) is 2. The number of anilines is 1. The molecule has 2 aromatic carbocycles. The molecular formula is C17H18INO2. The van der Waals surface area contributed by atoms with Gasteiger partial charge in [0.15, 0.2) is 0 Å². The second-order valence-electron chi connectivity index (χ2n) is 4.79. The van der Waals surface area contributed by atoms with Crippen LogP contribution in [0.15, 0.2) is 42.5 Å². The smallest absolute Gasteiger partial charge is 0.255 e. The van der Waals surface area contributed by atoms with Crippen LogP contribution in [0.25, 0.3) is 0 Å². The lowest BCUT2D eigenvalue weighted by atomic mass is 10.1. The van der Waals surface area contributed by atoms with Crippen LogP contribution in [0.1, 0.15) is 29.3 Å². The Bertz CT molecular complexity index is 640. The Morgan fingerprint density at radius 2 is 2.05 bits per heavy atom. The van der Waals surface area contributed by atoms with Crippen molar-refractivity contribution in [1.82, 2.24) is 0 Å². The summed E-state index contributed by atoms with van der Waals surface area (Å²) in [5, 5.41) is 2.90. The Hall–Kier alpha value is -1.56. The summed E-state index contributed by atoms with van der Waals surface area (Å²) < 4.78 is 6.65. The highest BCUT2D eigenvalue weighted by Gasteiger charge is 2.08. The van der Waals surface area contributed by atoms with Gasteiger partial charge in [-0.3, -0.25) is 4.79 Å². The number of nitrogens with one attached hydrogen (secondary N) is 1. The topological polar surface area (TPSA) is 38.3 Å². The first-order valence-electron chi connectivity index (χ1n) is 6.90. The number of carbonyl (C=O) groups excluding carboxylic acids is 1. The Balaban J connectivity index is 2.10. The molecule has 1 amide bonds. The van der Waals surface area contributed by atoms with Gasteiger partial charge in [-0.25, -0.2) is 0 Å². The first kappa shape index (κ1) is 15.8. The van der Waals surface area contributed by atoms with Crippen molar-refractivity contribution in [3.63, 3.8) is 0 Å². The third kappa shape index (κ3) is 4.46. The van der Waals surface area contributed by atoms with E-state index in [9.17, 15) is 4.79 Å². The van der Waals surface area contributed by atoms with E-state index in [-0.39, 0.29) is 5.91 Å². The number of amides is 1. The average Bonchev–Trinajstić information content (AvgIpc) is 2.48. The molecule has 1 N–H and O–H groups in total. The average molecular weight is 395 g/mol. The Labute approximate surface area is 138 Å². The van der Waals surface area contributed by atoms with E-state index >= 15 is 0 Å². The van der Waals surface area contributed by atoms with E-state index in [1.165, 1.54) is 5.56 Å². The molecule has 0 heterocycles. The van der Waals surface area contributed by atoms with Crippen molar-refractivity contribution in [2.75, 3.05) is 11.9 Å². The van der Waals surface area contributed by atoms with Gasteiger partial charge in [-0.1, -0.05) is 19.1 Å². The summed E-state index contributed by atoms with van der Waals surface area (Å²) in [5.74, 6) is 0.661. The fraction of sp³-hybridized carbons (Fsp3) is 0.235. The standard InChI is InChI=1S/C17H18INO2/c1-3-9-21-15-6-4-5-14(11-15)19-17(20)13-8-7-12(2)16(18)10-13/h4-8,10-11H,3,9H2,1-2H3,(H,19,20). The van der Waals surface area contributed by atoms with Crippen LogP contribution in [0.4, 0.5) is 5.69 Å². The van der Waals surface area contributed by atoms with Crippen molar-refractivity contribution in [1.29, 1.82) is 0 Å². The number of rotatable bonds is 5. The summed E-state index contributed by atoms with van der Waals surface area (Å²) in [4.78, 5) is 12.2. The number of carbonyl (C=O) groups is 1. The van der Waals surface area contributed by atoms with Gasteiger partial charge in [0.1, 0.15) is 5.75 Å². The van der Waals surface area contributed by atoms with Gasteiger partial charge in [0.25, 0.3) is 5.91 Å². The molecule has 0 aliphatic rings. The molecule has 21 heavy (non-hydrogen) atoms. The van der Waals surface area contributed by atoms with Crippen molar-refractivity contribution < 1.29 is 9.53 Å². The summed E-state index contributed by atoms with van der Waals surface area (Å²) in [6.07, 6.45) is 0.957. The molecule has 0 radical (unpaired) electrons. The maximum absolute atomic E-state index is 12.2. The lowest BCUT2D eigenvalue weighted by Crippen LogP contribution is -2.12. The molecule has 0 saturated carbocycles. The zero-order valence-electron chi connectivity index (χ0n) is 12.2. The van der Waals surface area contributed by atoms with Gasteiger partial charge in [0.05, 0.1) is 6.61 Å². The van der Waals surface area contributed by atoms with Crippen LogP contribution < -0.4 is 10.1 Å². The minimum absolute atomic E-state index is 0.111. The molecule has 2 rings (SSSR count). The summed E-state index contributed by atoms with van der Waals surface area (Å²) in [7, 11) is 0. The predicted molar refractivity (Wildman–Crippen MR) is 94.1 cm³/mol. The van der Waals surface area contributed by atoms with Gasteiger partial charge in [0, 0.05) is 20.9 Å². The maximum Gasteiger partial charge on any atom is 0.255 e. The number of aryl methyl sites for hydroxylation is 1. The number of ether oxygens (including phenoxy) is 1. The largest absolute Gasteiger partial charge is 0.494 e. The van der Waals surface area contributed by atoms with E-state index in [0.29, 0.717) is 12.2 Å². The van der Waals surface area contributed by atoms with E-state index in [1.807, 2.05) is 49.4 Å². The van der Waals surface area contributed by atoms with Crippen LogP contribution in [0.5, 0.6) is 5.75 Å². The van der Waals surface area contributed by atoms with Crippen molar-refractivity contribution in [2.45, 2.75) is 20.3 Å². The minimum atomic E-state index is -0.111. The molecule has 0 spiro atoms. The van der Waals surface area contributed by atoms with Gasteiger partial charge in [-0.2, -0.15) is 0 Å². The number of benzene rings is 2. The van der Waals surface area contributed by atoms with Crippen LogP contribution in [-0.4, -0.2) is 12.5 Å². The van der Waals surface area contributed by atoms with Gasteiger partial charge in [-0.15, -0.1) is 0 Å². The zero-order chi connectivity index (χ0) is 15.2. The highest BCUT2D eigenvalue weighted by molar-refractivity contribution is 14.1. The first-order valence-corrected chi connectivity index (χ1v) is 7.98. The van der Waals surface area contributed by atoms with Crippen molar-refractivity contribution >= 4 is 34.2 Å². The third-order valence-corrected chi connectivity index (χ3v) is 4.16. The molecule has 0 unspecified atom stereocenters. The van der Waals surface area contributed by atoms with Gasteiger partial charge >= 0.3 is 0 Å². The summed E-state index contributed by atoms with van der Waals surface area (Å²) >= 11 is 2.23. The molecule has 2 aromatic rings. The highest BCUT2D eigenvalue weighted by atomic mass is 127. The molecule has 4 heteroatoms. The number of halogens is 1. The molecule has 0 saturated heterocycles. The predicted octanol–water partition coefficient (Wildman–Crippen LogP) is 4.64.